The molecule has 0 saturated heterocycles. The van der Waals surface area contributed by atoms with Crippen LogP contribution in [0.3, 0.4) is 0 Å². The van der Waals surface area contributed by atoms with Crippen LogP contribution in [-0.4, -0.2) is 26.3 Å². The lowest BCUT2D eigenvalue weighted by atomic mass is 9.84. The summed E-state index contributed by atoms with van der Waals surface area (Å²) < 4.78 is 41.2. The second-order valence-corrected chi connectivity index (χ2v) is 6.48. The Balaban J connectivity index is 1.93. The zero-order valence-electron chi connectivity index (χ0n) is 14.0. The SMILES string of the molecule is CC1(O)CCC(n2ccnc2)=CC1Nc1ccc(C#N)c(C(F)(F)F)c1. The molecule has 1 aliphatic carbocycles. The number of anilines is 1. The topological polar surface area (TPSA) is 73.9 Å². The fourth-order valence-electron chi connectivity index (χ4n) is 2.98. The molecule has 3 rings (SSSR count). The highest BCUT2D eigenvalue weighted by atomic mass is 19.4. The molecule has 0 saturated carbocycles. The number of alkyl halides is 3. The average Bonchev–Trinajstić information content (AvgIpc) is 3.10. The molecule has 0 aliphatic heterocycles. The number of aliphatic hydroxyl groups is 1. The molecule has 5 nitrogen and oxygen atoms in total. The van der Waals surface area contributed by atoms with E-state index in [-0.39, 0.29) is 5.69 Å². The normalized spacial score (nSPS) is 23.2. The Labute approximate surface area is 148 Å². The minimum absolute atomic E-state index is 0.185. The van der Waals surface area contributed by atoms with Crippen LogP contribution in [0.15, 0.2) is 43.0 Å². The zero-order chi connectivity index (χ0) is 18.9. The van der Waals surface area contributed by atoms with Gasteiger partial charge in [0.05, 0.1) is 35.2 Å². The van der Waals surface area contributed by atoms with E-state index in [9.17, 15) is 18.3 Å². The molecule has 136 valence electrons. The summed E-state index contributed by atoms with van der Waals surface area (Å²) in [6, 6.07) is 4.39. The predicted octanol–water partition coefficient (Wildman–Crippen LogP) is 3.64. The summed E-state index contributed by atoms with van der Waals surface area (Å²) in [4.78, 5) is 3.98. The lowest BCUT2D eigenvalue weighted by Crippen LogP contribution is -2.45. The number of nitrogens with zero attached hydrogens (tertiary/aromatic N) is 3. The summed E-state index contributed by atoms with van der Waals surface area (Å²) in [5, 5.41) is 22.5. The summed E-state index contributed by atoms with van der Waals surface area (Å²) in [5.41, 5.74) is -1.48. The minimum atomic E-state index is -4.63. The lowest BCUT2D eigenvalue weighted by Gasteiger charge is -2.37. The van der Waals surface area contributed by atoms with Crippen LogP contribution < -0.4 is 5.32 Å². The third-order valence-corrected chi connectivity index (χ3v) is 4.52. The largest absolute Gasteiger partial charge is 0.417 e. The van der Waals surface area contributed by atoms with Crippen LogP contribution in [0.25, 0.3) is 5.70 Å². The van der Waals surface area contributed by atoms with E-state index in [1.807, 2.05) is 4.57 Å². The van der Waals surface area contributed by atoms with Gasteiger partial charge in [-0.3, -0.25) is 0 Å². The van der Waals surface area contributed by atoms with Gasteiger partial charge in [-0.2, -0.15) is 18.4 Å². The molecule has 1 aliphatic rings. The van der Waals surface area contributed by atoms with Gasteiger partial charge < -0.3 is 15.0 Å². The molecule has 2 atom stereocenters. The second-order valence-electron chi connectivity index (χ2n) is 6.48. The Bertz CT molecular complexity index is 864. The van der Waals surface area contributed by atoms with E-state index in [4.69, 9.17) is 5.26 Å². The van der Waals surface area contributed by atoms with Crippen LogP contribution in [0, 0.1) is 11.3 Å². The molecule has 26 heavy (non-hydrogen) atoms. The van der Waals surface area contributed by atoms with Crippen molar-refractivity contribution >= 4 is 11.4 Å². The third kappa shape index (κ3) is 3.58. The van der Waals surface area contributed by atoms with E-state index in [2.05, 4.69) is 10.3 Å². The number of aromatic nitrogens is 2. The number of allylic oxidation sites excluding steroid dienone is 1. The van der Waals surface area contributed by atoms with Crippen molar-refractivity contribution in [3.05, 3.63) is 54.1 Å². The van der Waals surface area contributed by atoms with Crippen molar-refractivity contribution in [3.63, 3.8) is 0 Å². The second kappa shape index (κ2) is 6.50. The Kier molecular flexibility index (Phi) is 4.50. The molecule has 2 N–H and O–H groups in total. The summed E-state index contributed by atoms with van der Waals surface area (Å²) in [6.45, 7) is 1.64. The summed E-state index contributed by atoms with van der Waals surface area (Å²) in [7, 11) is 0. The molecule has 2 aromatic rings. The third-order valence-electron chi connectivity index (χ3n) is 4.52. The number of hydrogen-bond donors (Lipinski definition) is 2. The minimum Gasteiger partial charge on any atom is -0.388 e. The Morgan fingerprint density at radius 2 is 2.19 bits per heavy atom. The summed E-state index contributed by atoms with van der Waals surface area (Å²) >= 11 is 0. The Hall–Kier alpha value is -2.79. The van der Waals surface area contributed by atoms with Crippen LogP contribution in [0.4, 0.5) is 18.9 Å². The Morgan fingerprint density at radius 1 is 1.42 bits per heavy atom. The van der Waals surface area contributed by atoms with Crippen LogP contribution in [-0.2, 0) is 6.18 Å². The molecule has 1 aromatic carbocycles. The molecule has 1 aromatic heterocycles. The van der Waals surface area contributed by atoms with Crippen molar-refractivity contribution in [2.45, 2.75) is 37.6 Å². The maximum Gasteiger partial charge on any atom is 0.417 e. The van der Waals surface area contributed by atoms with E-state index in [1.165, 1.54) is 6.07 Å². The number of rotatable bonds is 3. The number of halogens is 3. The van der Waals surface area contributed by atoms with Crippen molar-refractivity contribution < 1.29 is 18.3 Å². The van der Waals surface area contributed by atoms with Crippen LogP contribution in [0.5, 0.6) is 0 Å². The highest BCUT2D eigenvalue weighted by Crippen LogP contribution is 2.35. The summed E-state index contributed by atoms with van der Waals surface area (Å²) in [6.07, 6.45) is 3.25. The molecular formula is C18H17F3N4O. The van der Waals surface area contributed by atoms with E-state index in [0.29, 0.717) is 12.8 Å². The van der Waals surface area contributed by atoms with E-state index < -0.39 is 28.9 Å². The summed E-state index contributed by atoms with van der Waals surface area (Å²) in [5.74, 6) is 0. The fraction of sp³-hybridized carbons (Fsp3) is 0.333. The first-order valence-corrected chi connectivity index (χ1v) is 8.00. The van der Waals surface area contributed by atoms with E-state index in [0.717, 1.165) is 17.8 Å². The average molecular weight is 362 g/mol. The molecule has 2 unspecified atom stereocenters. The van der Waals surface area contributed by atoms with Crippen molar-refractivity contribution in [1.82, 2.24) is 9.55 Å². The number of nitrogens with one attached hydrogen (secondary N) is 1. The highest BCUT2D eigenvalue weighted by molar-refractivity contribution is 5.57. The molecule has 8 heteroatoms. The van der Waals surface area contributed by atoms with Gasteiger partial charge in [0, 0.05) is 23.8 Å². The standard InChI is InChI=1S/C18H17F3N4O/c1-17(26)5-4-14(25-7-6-23-11-25)9-16(17)24-13-3-2-12(10-22)15(8-13)18(19,20)21/h2-3,6-9,11,16,24,26H,4-5H2,1H3. The van der Waals surface area contributed by atoms with Gasteiger partial charge in [-0.05, 0) is 44.0 Å². The van der Waals surface area contributed by atoms with Crippen LogP contribution in [0.1, 0.15) is 30.9 Å². The van der Waals surface area contributed by atoms with Crippen molar-refractivity contribution in [3.8, 4) is 6.07 Å². The van der Waals surface area contributed by atoms with Gasteiger partial charge in [0.2, 0.25) is 0 Å². The maximum atomic E-state index is 13.1. The highest BCUT2D eigenvalue weighted by Gasteiger charge is 2.36. The van der Waals surface area contributed by atoms with Gasteiger partial charge in [0.25, 0.3) is 0 Å². The zero-order valence-corrected chi connectivity index (χ0v) is 14.0. The van der Waals surface area contributed by atoms with Gasteiger partial charge in [-0.15, -0.1) is 0 Å². The van der Waals surface area contributed by atoms with Crippen molar-refractivity contribution in [2.24, 2.45) is 0 Å². The Morgan fingerprint density at radius 3 is 2.81 bits per heavy atom. The molecule has 0 amide bonds. The van der Waals surface area contributed by atoms with Crippen LogP contribution >= 0.6 is 0 Å². The first kappa shape index (κ1) is 18.0. The van der Waals surface area contributed by atoms with E-state index >= 15 is 0 Å². The lowest BCUT2D eigenvalue weighted by molar-refractivity contribution is -0.137. The number of hydrogen-bond acceptors (Lipinski definition) is 4. The quantitative estimate of drug-likeness (QED) is 0.874. The van der Waals surface area contributed by atoms with Crippen molar-refractivity contribution in [2.75, 3.05) is 5.32 Å². The predicted molar refractivity (Wildman–Crippen MR) is 89.9 cm³/mol. The molecule has 0 bridgehead atoms. The maximum absolute atomic E-state index is 13.1. The molecule has 0 radical (unpaired) electrons. The smallest absolute Gasteiger partial charge is 0.388 e. The van der Waals surface area contributed by atoms with Gasteiger partial charge in [-0.25, -0.2) is 4.98 Å². The molecule has 0 fully saturated rings. The molecule has 1 heterocycles. The first-order chi connectivity index (χ1) is 12.2. The monoisotopic (exact) mass is 362 g/mol. The van der Waals surface area contributed by atoms with Gasteiger partial charge in [-0.1, -0.05) is 0 Å². The van der Waals surface area contributed by atoms with Gasteiger partial charge >= 0.3 is 6.18 Å². The van der Waals surface area contributed by atoms with Crippen LogP contribution in [0.2, 0.25) is 0 Å². The van der Waals surface area contributed by atoms with Gasteiger partial charge in [0.15, 0.2) is 0 Å². The number of nitriles is 1. The van der Waals surface area contributed by atoms with Crippen molar-refractivity contribution in [1.29, 1.82) is 5.26 Å². The molecule has 0 spiro atoms. The van der Waals surface area contributed by atoms with Gasteiger partial charge in [0.1, 0.15) is 0 Å². The number of imidazole rings is 1. The van der Waals surface area contributed by atoms with E-state index in [1.54, 1.807) is 37.8 Å². The molecular weight excluding hydrogens is 345 g/mol. The fourth-order valence-corrected chi connectivity index (χ4v) is 2.98. The number of benzene rings is 1. The first-order valence-electron chi connectivity index (χ1n) is 8.00.